The number of hydrogen-bond acceptors (Lipinski definition) is 6. The molecule has 3 saturated heterocycles. The molecule has 0 radical (unpaired) electrons. The number of nitrogens with one attached hydrogen (secondary N) is 2. The molecule has 2 N–H and O–H groups in total. The van der Waals surface area contributed by atoms with Crippen LogP contribution in [0.5, 0.6) is 0 Å². The van der Waals surface area contributed by atoms with E-state index in [2.05, 4.69) is 34.2 Å². The Kier molecular flexibility index (Phi) is 8.99. The monoisotopic (exact) mass is 400 g/mol. The molecule has 0 aromatic rings. The first-order valence-electron chi connectivity index (χ1n) is 10.4. The SMILES string of the molecule is CCNC(=NCC1(N2CCOCC2)CCSC1)NCCCOC1CCOC1. The minimum atomic E-state index is 0.197. The Balaban J connectivity index is 1.44. The first kappa shape index (κ1) is 21.2. The highest BCUT2D eigenvalue weighted by molar-refractivity contribution is 7.99. The lowest BCUT2D eigenvalue weighted by Gasteiger charge is -2.42. The van der Waals surface area contributed by atoms with Crippen molar-refractivity contribution in [3.63, 3.8) is 0 Å². The summed E-state index contributed by atoms with van der Waals surface area (Å²) in [5.74, 6) is 3.33. The summed E-state index contributed by atoms with van der Waals surface area (Å²) in [4.78, 5) is 7.57. The van der Waals surface area contributed by atoms with Crippen molar-refractivity contribution in [1.82, 2.24) is 15.5 Å². The van der Waals surface area contributed by atoms with Crippen molar-refractivity contribution >= 4 is 17.7 Å². The summed E-state index contributed by atoms with van der Waals surface area (Å²) in [5, 5.41) is 6.85. The molecule has 2 atom stereocenters. The fourth-order valence-corrected chi connectivity index (χ4v) is 5.32. The highest BCUT2D eigenvalue weighted by atomic mass is 32.2. The van der Waals surface area contributed by atoms with Gasteiger partial charge in [-0.3, -0.25) is 9.89 Å². The van der Waals surface area contributed by atoms with Gasteiger partial charge in [0.1, 0.15) is 0 Å². The Morgan fingerprint density at radius 2 is 2.15 bits per heavy atom. The number of guanidine groups is 1. The molecule has 3 fully saturated rings. The van der Waals surface area contributed by atoms with Crippen LogP contribution in [-0.4, -0.2) is 99.8 Å². The van der Waals surface area contributed by atoms with Gasteiger partial charge in [-0.1, -0.05) is 0 Å². The van der Waals surface area contributed by atoms with E-state index in [4.69, 9.17) is 19.2 Å². The summed E-state index contributed by atoms with van der Waals surface area (Å²) < 4.78 is 16.7. The summed E-state index contributed by atoms with van der Waals surface area (Å²) in [6.45, 7) is 10.8. The third-order valence-electron chi connectivity index (χ3n) is 5.50. The molecule has 7 nitrogen and oxygen atoms in total. The summed E-state index contributed by atoms with van der Waals surface area (Å²) in [5.41, 5.74) is 0.197. The Labute approximate surface area is 168 Å². The Hall–Kier alpha value is -0.540. The lowest BCUT2D eigenvalue weighted by molar-refractivity contribution is -0.0104. The number of thioether (sulfide) groups is 1. The van der Waals surface area contributed by atoms with Crippen molar-refractivity contribution < 1.29 is 14.2 Å². The third kappa shape index (κ3) is 6.49. The molecule has 27 heavy (non-hydrogen) atoms. The average molecular weight is 401 g/mol. The first-order valence-corrected chi connectivity index (χ1v) is 11.6. The van der Waals surface area contributed by atoms with Gasteiger partial charge in [0.05, 0.1) is 38.0 Å². The summed E-state index contributed by atoms with van der Waals surface area (Å²) in [7, 11) is 0. The van der Waals surface area contributed by atoms with Crippen molar-refractivity contribution in [1.29, 1.82) is 0 Å². The Bertz CT molecular complexity index is 448. The molecule has 3 aliphatic heterocycles. The van der Waals surface area contributed by atoms with Crippen molar-refractivity contribution in [2.75, 3.05) is 77.3 Å². The minimum absolute atomic E-state index is 0.197. The van der Waals surface area contributed by atoms with Crippen LogP contribution in [0.1, 0.15) is 26.2 Å². The quantitative estimate of drug-likeness (QED) is 0.339. The largest absolute Gasteiger partial charge is 0.379 e. The normalized spacial score (nSPS) is 30.0. The molecule has 8 heteroatoms. The molecule has 0 aromatic heterocycles. The summed E-state index contributed by atoms with van der Waals surface area (Å²) >= 11 is 2.06. The van der Waals surface area contributed by atoms with Crippen LogP contribution in [0, 0.1) is 0 Å². The fraction of sp³-hybridized carbons (Fsp3) is 0.947. The maximum absolute atomic E-state index is 5.83. The van der Waals surface area contributed by atoms with Gasteiger partial charge < -0.3 is 24.8 Å². The lowest BCUT2D eigenvalue weighted by Crippen LogP contribution is -2.56. The van der Waals surface area contributed by atoms with Gasteiger partial charge in [0.25, 0.3) is 0 Å². The van der Waals surface area contributed by atoms with Crippen molar-refractivity contribution in [3.8, 4) is 0 Å². The third-order valence-corrected chi connectivity index (χ3v) is 6.73. The van der Waals surface area contributed by atoms with E-state index in [9.17, 15) is 0 Å². The van der Waals surface area contributed by atoms with E-state index in [1.807, 2.05) is 0 Å². The summed E-state index contributed by atoms with van der Waals surface area (Å²) in [6.07, 6.45) is 3.52. The highest BCUT2D eigenvalue weighted by Crippen LogP contribution is 2.34. The van der Waals surface area contributed by atoms with Gasteiger partial charge in [-0.05, 0) is 31.9 Å². The molecule has 2 unspecified atom stereocenters. The lowest BCUT2D eigenvalue weighted by atomic mass is 9.96. The molecule has 0 bridgehead atoms. The van der Waals surface area contributed by atoms with Crippen LogP contribution in [-0.2, 0) is 14.2 Å². The van der Waals surface area contributed by atoms with Crippen molar-refractivity contribution in [3.05, 3.63) is 0 Å². The van der Waals surface area contributed by atoms with Gasteiger partial charge in [-0.2, -0.15) is 11.8 Å². The number of ether oxygens (including phenoxy) is 3. The first-order chi connectivity index (χ1) is 13.3. The molecule has 0 aliphatic carbocycles. The van der Waals surface area contributed by atoms with E-state index in [0.29, 0.717) is 6.10 Å². The second kappa shape index (κ2) is 11.5. The topological polar surface area (TPSA) is 67.4 Å². The smallest absolute Gasteiger partial charge is 0.191 e. The number of aliphatic imine (C=N–C) groups is 1. The molecular weight excluding hydrogens is 364 g/mol. The van der Waals surface area contributed by atoms with E-state index >= 15 is 0 Å². The number of hydrogen-bond donors (Lipinski definition) is 2. The van der Waals surface area contributed by atoms with Gasteiger partial charge in [0.15, 0.2) is 5.96 Å². The van der Waals surface area contributed by atoms with Gasteiger partial charge in [0, 0.05) is 45.1 Å². The molecule has 3 rings (SSSR count). The molecule has 3 heterocycles. The maximum Gasteiger partial charge on any atom is 0.191 e. The van der Waals surface area contributed by atoms with Gasteiger partial charge in [-0.15, -0.1) is 0 Å². The van der Waals surface area contributed by atoms with Crippen LogP contribution in [0.2, 0.25) is 0 Å². The number of rotatable bonds is 9. The van der Waals surface area contributed by atoms with Crippen molar-refractivity contribution in [2.45, 2.75) is 37.8 Å². The summed E-state index contributed by atoms with van der Waals surface area (Å²) in [6, 6.07) is 0. The molecule has 156 valence electrons. The Morgan fingerprint density at radius 3 is 2.85 bits per heavy atom. The zero-order valence-electron chi connectivity index (χ0n) is 16.7. The molecule has 0 spiro atoms. The minimum Gasteiger partial charge on any atom is -0.379 e. The molecule has 0 amide bonds. The standard InChI is InChI=1S/C19H36N4O3S/c1-2-20-18(21-6-3-9-26-17-4-10-25-14-17)22-15-19(5-13-27-16-19)23-7-11-24-12-8-23/h17H,2-16H2,1H3,(H2,20,21,22). The van der Waals surface area contributed by atoms with Crippen LogP contribution in [0.15, 0.2) is 4.99 Å². The van der Waals surface area contributed by atoms with Crippen molar-refractivity contribution in [2.24, 2.45) is 4.99 Å². The van der Waals surface area contributed by atoms with Gasteiger partial charge in [-0.25, -0.2) is 0 Å². The van der Waals surface area contributed by atoms with Crippen LogP contribution < -0.4 is 10.6 Å². The van der Waals surface area contributed by atoms with Crippen LogP contribution in [0.25, 0.3) is 0 Å². The number of morpholine rings is 1. The zero-order valence-corrected chi connectivity index (χ0v) is 17.5. The highest BCUT2D eigenvalue weighted by Gasteiger charge is 2.40. The molecule has 3 aliphatic rings. The predicted octanol–water partition coefficient (Wildman–Crippen LogP) is 0.945. The predicted molar refractivity (Wildman–Crippen MR) is 111 cm³/mol. The number of nitrogens with zero attached hydrogens (tertiary/aromatic N) is 2. The fourth-order valence-electron chi connectivity index (χ4n) is 3.85. The average Bonchev–Trinajstić information content (AvgIpc) is 3.39. The molecular formula is C19H36N4O3S. The van der Waals surface area contributed by atoms with Gasteiger partial charge >= 0.3 is 0 Å². The van der Waals surface area contributed by atoms with Crippen LogP contribution >= 0.6 is 11.8 Å². The van der Waals surface area contributed by atoms with E-state index in [0.717, 1.165) is 84.6 Å². The molecule has 0 aromatic carbocycles. The van der Waals surface area contributed by atoms with Gasteiger partial charge in [0.2, 0.25) is 0 Å². The second-order valence-electron chi connectivity index (χ2n) is 7.46. The maximum atomic E-state index is 5.83. The Morgan fingerprint density at radius 1 is 1.26 bits per heavy atom. The van der Waals surface area contributed by atoms with E-state index in [-0.39, 0.29) is 5.54 Å². The molecule has 0 saturated carbocycles. The van der Waals surface area contributed by atoms with E-state index in [1.54, 1.807) is 0 Å². The second-order valence-corrected chi connectivity index (χ2v) is 8.56. The van der Waals surface area contributed by atoms with E-state index in [1.165, 1.54) is 17.9 Å². The van der Waals surface area contributed by atoms with Crippen LogP contribution in [0.4, 0.5) is 0 Å². The van der Waals surface area contributed by atoms with Crippen LogP contribution in [0.3, 0.4) is 0 Å². The van der Waals surface area contributed by atoms with E-state index < -0.39 is 0 Å². The zero-order chi connectivity index (χ0) is 18.8.